The van der Waals surface area contributed by atoms with Crippen LogP contribution < -0.4 is 0 Å². The van der Waals surface area contributed by atoms with Crippen molar-refractivity contribution in [1.29, 1.82) is 0 Å². The first-order chi connectivity index (χ1) is 26.4. The van der Waals surface area contributed by atoms with Gasteiger partial charge in [0, 0.05) is 32.8 Å². The SMILES string of the molecule is [C-]#[N+]c1cccc(-n2c3ccc(C)cc3c3cc(C)ccc32)c1-c1cc(-c2c(C)cccc2C(F)(F)F)ccc1-n1c2ccc(C)cc2c2cc(C)ccc21. The quantitative estimate of drug-likeness (QED) is 0.161. The summed E-state index contributed by atoms with van der Waals surface area (Å²) in [6.45, 7) is 18.6. The van der Waals surface area contributed by atoms with Crippen molar-refractivity contribution in [1.82, 2.24) is 9.13 Å². The smallest absolute Gasteiger partial charge is 0.310 e. The van der Waals surface area contributed by atoms with Crippen LogP contribution in [0.2, 0.25) is 0 Å². The van der Waals surface area contributed by atoms with Crippen molar-refractivity contribution in [3.05, 3.63) is 172 Å². The molecule has 0 fully saturated rings. The topological polar surface area (TPSA) is 14.2 Å². The zero-order chi connectivity index (χ0) is 38.3. The molecule has 0 bridgehead atoms. The van der Waals surface area contributed by atoms with Gasteiger partial charge in [0.2, 0.25) is 0 Å². The highest BCUT2D eigenvalue weighted by atomic mass is 19.4. The van der Waals surface area contributed by atoms with Gasteiger partial charge in [-0.25, -0.2) is 4.85 Å². The Balaban J connectivity index is 1.46. The van der Waals surface area contributed by atoms with Crippen LogP contribution in [-0.4, -0.2) is 9.13 Å². The van der Waals surface area contributed by atoms with Gasteiger partial charge in [0.1, 0.15) is 0 Å². The van der Waals surface area contributed by atoms with E-state index in [9.17, 15) is 13.2 Å². The highest BCUT2D eigenvalue weighted by Gasteiger charge is 2.34. The summed E-state index contributed by atoms with van der Waals surface area (Å²) in [5, 5.41) is 4.35. The summed E-state index contributed by atoms with van der Waals surface area (Å²) in [5.41, 5.74) is 12.0. The molecule has 6 heteroatoms. The van der Waals surface area contributed by atoms with E-state index in [1.54, 1.807) is 25.1 Å². The van der Waals surface area contributed by atoms with E-state index in [4.69, 9.17) is 6.57 Å². The number of halogens is 3. The van der Waals surface area contributed by atoms with Gasteiger partial charge >= 0.3 is 6.18 Å². The van der Waals surface area contributed by atoms with E-state index in [1.165, 1.54) is 6.07 Å². The first-order valence-electron chi connectivity index (χ1n) is 18.3. The second kappa shape index (κ2) is 12.5. The molecule has 2 aromatic heterocycles. The van der Waals surface area contributed by atoms with Crippen LogP contribution >= 0.6 is 0 Å². The maximum Gasteiger partial charge on any atom is 0.417 e. The van der Waals surface area contributed by atoms with Crippen LogP contribution in [0.5, 0.6) is 0 Å². The normalized spacial score (nSPS) is 12.0. The lowest BCUT2D eigenvalue weighted by Gasteiger charge is -2.22. The third-order valence-electron chi connectivity index (χ3n) is 10.9. The predicted octanol–water partition coefficient (Wildman–Crippen LogP) is 14.3. The summed E-state index contributed by atoms with van der Waals surface area (Å²) in [4.78, 5) is 4.10. The molecule has 9 rings (SSSR count). The summed E-state index contributed by atoms with van der Waals surface area (Å²) in [6, 6.07) is 41.2. The molecule has 0 saturated heterocycles. The third kappa shape index (κ3) is 5.41. The average molecular weight is 724 g/mol. The van der Waals surface area contributed by atoms with Gasteiger partial charge in [-0.3, -0.25) is 0 Å². The van der Waals surface area contributed by atoms with Gasteiger partial charge in [-0.2, -0.15) is 13.2 Å². The van der Waals surface area contributed by atoms with Gasteiger partial charge < -0.3 is 9.13 Å². The number of hydrogen-bond acceptors (Lipinski definition) is 0. The van der Waals surface area contributed by atoms with Gasteiger partial charge in [-0.1, -0.05) is 76.9 Å². The van der Waals surface area contributed by atoms with Crippen molar-refractivity contribution in [3.8, 4) is 33.6 Å². The molecule has 0 radical (unpaired) electrons. The molecule has 9 aromatic rings. The number of aryl methyl sites for hydroxylation is 5. The highest BCUT2D eigenvalue weighted by Crippen LogP contribution is 2.47. The molecule has 0 aliphatic heterocycles. The minimum absolute atomic E-state index is 0.126. The van der Waals surface area contributed by atoms with Gasteiger partial charge in [0.25, 0.3) is 0 Å². The summed E-state index contributed by atoms with van der Waals surface area (Å²) in [5.74, 6) is 0. The van der Waals surface area contributed by atoms with Crippen LogP contribution in [0, 0.1) is 41.2 Å². The second-order valence-electron chi connectivity index (χ2n) is 14.8. The van der Waals surface area contributed by atoms with Crippen molar-refractivity contribution in [3.63, 3.8) is 0 Å². The maximum absolute atomic E-state index is 14.7. The third-order valence-corrected chi connectivity index (χ3v) is 10.9. The fraction of sp³-hybridized carbons (Fsp3) is 0.122. The van der Waals surface area contributed by atoms with E-state index < -0.39 is 11.7 Å². The molecule has 3 nitrogen and oxygen atoms in total. The first-order valence-corrected chi connectivity index (χ1v) is 18.3. The fourth-order valence-electron chi connectivity index (χ4n) is 8.48. The lowest BCUT2D eigenvalue weighted by Crippen LogP contribution is -2.08. The molecule has 55 heavy (non-hydrogen) atoms. The molecule has 0 amide bonds. The molecule has 0 aliphatic rings. The Morgan fingerprint density at radius 3 is 1.44 bits per heavy atom. The Morgan fingerprint density at radius 1 is 0.491 bits per heavy atom. The van der Waals surface area contributed by atoms with Gasteiger partial charge in [0.15, 0.2) is 5.69 Å². The summed E-state index contributed by atoms with van der Waals surface area (Å²) in [7, 11) is 0. The van der Waals surface area contributed by atoms with Crippen LogP contribution in [0.15, 0.2) is 127 Å². The molecule has 0 atom stereocenters. The second-order valence-corrected chi connectivity index (χ2v) is 14.8. The molecule has 0 unspecified atom stereocenters. The number of alkyl halides is 3. The number of nitrogens with zero attached hydrogens (tertiary/aromatic N) is 3. The molecular weight excluding hydrogens is 688 g/mol. The van der Waals surface area contributed by atoms with Crippen LogP contribution in [0.25, 0.3) is 82.1 Å². The molecule has 2 heterocycles. The molecule has 0 saturated carbocycles. The van der Waals surface area contributed by atoms with Crippen molar-refractivity contribution >= 4 is 49.3 Å². The summed E-state index contributed by atoms with van der Waals surface area (Å²) < 4.78 is 48.6. The van der Waals surface area contributed by atoms with Crippen LogP contribution in [0.4, 0.5) is 18.9 Å². The largest absolute Gasteiger partial charge is 0.417 e. The Morgan fingerprint density at radius 2 is 0.964 bits per heavy atom. The fourth-order valence-corrected chi connectivity index (χ4v) is 8.48. The van der Waals surface area contributed by atoms with Gasteiger partial charge in [0.05, 0.1) is 39.9 Å². The van der Waals surface area contributed by atoms with Crippen molar-refractivity contribution in [2.24, 2.45) is 0 Å². The van der Waals surface area contributed by atoms with Crippen LogP contribution in [0.1, 0.15) is 33.4 Å². The average Bonchev–Trinajstić information content (AvgIpc) is 3.64. The van der Waals surface area contributed by atoms with Gasteiger partial charge in [-0.05, 0) is 130 Å². The Kier molecular flexibility index (Phi) is 7.77. The van der Waals surface area contributed by atoms with Crippen molar-refractivity contribution in [2.45, 2.75) is 40.8 Å². The van der Waals surface area contributed by atoms with E-state index >= 15 is 0 Å². The molecule has 268 valence electrons. The number of benzene rings is 7. The van der Waals surface area contributed by atoms with Crippen LogP contribution in [0.3, 0.4) is 0 Å². The highest BCUT2D eigenvalue weighted by molar-refractivity contribution is 6.12. The molecule has 7 aromatic carbocycles. The monoisotopic (exact) mass is 723 g/mol. The van der Waals surface area contributed by atoms with Gasteiger partial charge in [-0.15, -0.1) is 0 Å². The minimum Gasteiger partial charge on any atom is -0.310 e. The number of fused-ring (bicyclic) bond motifs is 6. The zero-order valence-electron chi connectivity index (χ0n) is 31.1. The molecule has 0 aliphatic carbocycles. The number of rotatable bonds is 4. The van der Waals surface area contributed by atoms with E-state index in [2.05, 4.69) is 114 Å². The van der Waals surface area contributed by atoms with E-state index in [0.29, 0.717) is 27.9 Å². The maximum atomic E-state index is 14.7. The van der Waals surface area contributed by atoms with Crippen molar-refractivity contribution < 1.29 is 13.2 Å². The van der Waals surface area contributed by atoms with E-state index in [-0.39, 0.29) is 5.56 Å². The Bertz CT molecular complexity index is 2980. The Hall–Kier alpha value is -6.58. The standard InChI is InChI=1S/C49H36F3N3/c1-28-13-18-41-34(23-28)35-24-29(2)14-19-42(35)54(41)45-22-17-33(47-32(5)9-7-10-39(47)49(50,51)52)27-38(45)48-40(53-6)11-8-12-46(48)55-43-20-15-30(3)25-36(43)37-26-31(4)16-21-44(37)55/h7-27H,1-5H3. The number of hydrogen-bond donors (Lipinski definition) is 0. The molecule has 0 spiro atoms. The lowest BCUT2D eigenvalue weighted by atomic mass is 9.90. The molecular formula is C49H36F3N3. The zero-order valence-corrected chi connectivity index (χ0v) is 31.1. The van der Waals surface area contributed by atoms with E-state index in [0.717, 1.165) is 83.3 Å². The Labute approximate surface area is 317 Å². The minimum atomic E-state index is -4.57. The summed E-state index contributed by atoms with van der Waals surface area (Å²) >= 11 is 0. The number of aromatic nitrogens is 2. The van der Waals surface area contributed by atoms with Crippen LogP contribution in [-0.2, 0) is 6.18 Å². The summed E-state index contributed by atoms with van der Waals surface area (Å²) in [6.07, 6.45) is -4.57. The lowest BCUT2D eigenvalue weighted by molar-refractivity contribution is -0.137. The first kappa shape index (κ1) is 34.2. The molecule has 0 N–H and O–H groups in total. The van der Waals surface area contributed by atoms with E-state index in [1.807, 2.05) is 24.3 Å². The predicted molar refractivity (Wildman–Crippen MR) is 221 cm³/mol. The van der Waals surface area contributed by atoms with Crippen molar-refractivity contribution in [2.75, 3.05) is 0 Å².